The van der Waals surface area contributed by atoms with Gasteiger partial charge in [-0.25, -0.2) is 0 Å². The Balaban J connectivity index is 2.15. The molecule has 0 aromatic heterocycles. The average molecular weight is 286 g/mol. The number of methoxy groups -OCH3 is 1. The van der Waals surface area contributed by atoms with Gasteiger partial charge in [0, 0.05) is 32.7 Å². The number of hydrogen-bond acceptors (Lipinski definition) is 4. The lowest BCUT2D eigenvalue weighted by Gasteiger charge is -2.23. The number of carbonyl (C=O) groups excluding carboxylic acids is 1. The fraction of sp³-hybridized carbons (Fsp3) is 0.933. The molecule has 118 valence electrons. The van der Waals surface area contributed by atoms with Crippen molar-refractivity contribution in [1.82, 2.24) is 10.6 Å². The molecule has 0 saturated heterocycles. The van der Waals surface area contributed by atoms with Gasteiger partial charge in [0.15, 0.2) is 0 Å². The van der Waals surface area contributed by atoms with Crippen LogP contribution in [-0.4, -0.2) is 49.5 Å². The minimum absolute atomic E-state index is 0.0273. The Morgan fingerprint density at radius 3 is 2.55 bits per heavy atom. The first-order valence-corrected chi connectivity index (χ1v) is 7.75. The Kier molecular flexibility index (Phi) is 8.11. The SMILES string of the molecule is COCCC(C)(O)CNCC(=O)NC1CCCCCC1. The molecule has 1 fully saturated rings. The predicted octanol–water partition coefficient (Wildman–Crippen LogP) is 1.20. The second-order valence-electron chi connectivity index (χ2n) is 6.10. The fourth-order valence-electron chi connectivity index (χ4n) is 2.56. The molecular weight excluding hydrogens is 256 g/mol. The first-order valence-electron chi connectivity index (χ1n) is 7.75. The average Bonchev–Trinajstić information content (AvgIpc) is 2.65. The Labute approximate surface area is 122 Å². The summed E-state index contributed by atoms with van der Waals surface area (Å²) in [5, 5.41) is 16.1. The van der Waals surface area contributed by atoms with Crippen molar-refractivity contribution >= 4 is 5.91 Å². The molecule has 0 radical (unpaired) electrons. The quantitative estimate of drug-likeness (QED) is 0.586. The zero-order valence-electron chi connectivity index (χ0n) is 12.9. The van der Waals surface area contributed by atoms with Crippen molar-refractivity contribution in [3.05, 3.63) is 0 Å². The topological polar surface area (TPSA) is 70.6 Å². The highest BCUT2D eigenvalue weighted by Gasteiger charge is 2.20. The minimum Gasteiger partial charge on any atom is -0.389 e. The first-order chi connectivity index (χ1) is 9.53. The molecule has 0 aromatic rings. The highest BCUT2D eigenvalue weighted by atomic mass is 16.5. The van der Waals surface area contributed by atoms with Gasteiger partial charge in [0.1, 0.15) is 0 Å². The standard InChI is InChI=1S/C15H30N2O3/c1-15(19,9-10-20-2)12-16-11-14(18)17-13-7-5-3-4-6-8-13/h13,16,19H,3-12H2,1-2H3,(H,17,18). The van der Waals surface area contributed by atoms with Gasteiger partial charge in [-0.3, -0.25) is 4.79 Å². The van der Waals surface area contributed by atoms with Crippen molar-refractivity contribution in [3.63, 3.8) is 0 Å². The lowest BCUT2D eigenvalue weighted by molar-refractivity contribution is -0.121. The molecular formula is C15H30N2O3. The van der Waals surface area contributed by atoms with Crippen molar-refractivity contribution in [3.8, 4) is 0 Å². The van der Waals surface area contributed by atoms with Crippen LogP contribution in [0.2, 0.25) is 0 Å². The molecule has 0 heterocycles. The molecule has 1 rings (SSSR count). The molecule has 0 spiro atoms. The van der Waals surface area contributed by atoms with Crippen LogP contribution in [0.1, 0.15) is 51.9 Å². The molecule has 1 saturated carbocycles. The molecule has 5 nitrogen and oxygen atoms in total. The third-order valence-electron chi connectivity index (χ3n) is 3.86. The van der Waals surface area contributed by atoms with Gasteiger partial charge < -0.3 is 20.5 Å². The zero-order valence-corrected chi connectivity index (χ0v) is 12.9. The van der Waals surface area contributed by atoms with Crippen LogP contribution < -0.4 is 10.6 Å². The van der Waals surface area contributed by atoms with Crippen LogP contribution in [0.5, 0.6) is 0 Å². The van der Waals surface area contributed by atoms with Crippen LogP contribution in [0.3, 0.4) is 0 Å². The van der Waals surface area contributed by atoms with Gasteiger partial charge in [-0.15, -0.1) is 0 Å². The lowest BCUT2D eigenvalue weighted by atomic mass is 10.0. The first kappa shape index (κ1) is 17.4. The van der Waals surface area contributed by atoms with Gasteiger partial charge in [0.25, 0.3) is 0 Å². The normalized spacial score (nSPS) is 20.1. The summed E-state index contributed by atoms with van der Waals surface area (Å²) in [5.74, 6) is 0.0273. The number of carbonyl (C=O) groups is 1. The Bertz CT molecular complexity index is 274. The Morgan fingerprint density at radius 2 is 1.95 bits per heavy atom. The third-order valence-corrected chi connectivity index (χ3v) is 3.86. The Morgan fingerprint density at radius 1 is 1.30 bits per heavy atom. The van der Waals surface area contributed by atoms with Crippen LogP contribution in [0.25, 0.3) is 0 Å². The van der Waals surface area contributed by atoms with Crippen molar-refractivity contribution in [2.24, 2.45) is 0 Å². The van der Waals surface area contributed by atoms with Gasteiger partial charge in [-0.05, 0) is 19.8 Å². The third kappa shape index (κ3) is 7.82. The van der Waals surface area contributed by atoms with E-state index in [1.54, 1.807) is 14.0 Å². The number of hydrogen-bond donors (Lipinski definition) is 3. The summed E-state index contributed by atoms with van der Waals surface area (Å²) in [7, 11) is 1.61. The number of rotatable bonds is 8. The molecule has 3 N–H and O–H groups in total. The number of nitrogens with one attached hydrogen (secondary N) is 2. The smallest absolute Gasteiger partial charge is 0.234 e. The summed E-state index contributed by atoms with van der Waals surface area (Å²) in [4.78, 5) is 11.8. The van der Waals surface area contributed by atoms with E-state index in [1.165, 1.54) is 25.7 Å². The van der Waals surface area contributed by atoms with Crippen molar-refractivity contribution < 1.29 is 14.6 Å². The maximum absolute atomic E-state index is 11.8. The highest BCUT2D eigenvalue weighted by molar-refractivity contribution is 5.78. The van der Waals surface area contributed by atoms with Gasteiger partial charge in [0.05, 0.1) is 12.1 Å². The van der Waals surface area contributed by atoms with Crippen LogP contribution in [0.15, 0.2) is 0 Å². The molecule has 1 unspecified atom stereocenters. The van der Waals surface area contributed by atoms with E-state index < -0.39 is 5.60 Å². The second kappa shape index (κ2) is 9.32. The van der Waals surface area contributed by atoms with Crippen molar-refractivity contribution in [2.75, 3.05) is 26.8 Å². The number of aliphatic hydroxyl groups is 1. The van der Waals surface area contributed by atoms with Gasteiger partial charge in [-0.2, -0.15) is 0 Å². The van der Waals surface area contributed by atoms with Crippen LogP contribution >= 0.6 is 0 Å². The zero-order chi connectivity index (χ0) is 14.8. The molecule has 20 heavy (non-hydrogen) atoms. The van der Waals surface area contributed by atoms with Gasteiger partial charge >= 0.3 is 0 Å². The summed E-state index contributed by atoms with van der Waals surface area (Å²) >= 11 is 0. The van der Waals surface area contributed by atoms with E-state index in [4.69, 9.17) is 4.74 Å². The van der Waals surface area contributed by atoms with E-state index in [2.05, 4.69) is 10.6 Å². The summed E-state index contributed by atoms with van der Waals surface area (Å²) in [6, 6.07) is 0.334. The highest BCUT2D eigenvalue weighted by Crippen LogP contribution is 2.17. The summed E-state index contributed by atoms with van der Waals surface area (Å²) in [5.41, 5.74) is -0.835. The largest absolute Gasteiger partial charge is 0.389 e. The molecule has 1 aliphatic carbocycles. The van der Waals surface area contributed by atoms with E-state index in [-0.39, 0.29) is 12.5 Å². The van der Waals surface area contributed by atoms with Gasteiger partial charge in [0.2, 0.25) is 5.91 Å². The minimum atomic E-state index is -0.835. The lowest BCUT2D eigenvalue weighted by Crippen LogP contribution is -2.45. The predicted molar refractivity (Wildman–Crippen MR) is 79.6 cm³/mol. The van der Waals surface area contributed by atoms with Crippen LogP contribution in [-0.2, 0) is 9.53 Å². The number of amides is 1. The van der Waals surface area contributed by atoms with Crippen molar-refractivity contribution in [2.45, 2.75) is 63.5 Å². The maximum Gasteiger partial charge on any atom is 0.234 e. The monoisotopic (exact) mass is 286 g/mol. The van der Waals surface area contributed by atoms with Crippen LogP contribution in [0.4, 0.5) is 0 Å². The van der Waals surface area contributed by atoms with E-state index in [0.29, 0.717) is 25.6 Å². The molecule has 0 bridgehead atoms. The molecule has 1 atom stereocenters. The van der Waals surface area contributed by atoms with E-state index in [0.717, 1.165) is 12.8 Å². The summed E-state index contributed by atoms with van der Waals surface area (Å²) in [6.45, 7) is 2.93. The molecule has 1 amide bonds. The summed E-state index contributed by atoms with van der Waals surface area (Å²) < 4.78 is 4.95. The molecule has 0 aromatic carbocycles. The van der Waals surface area contributed by atoms with Crippen LogP contribution in [0, 0.1) is 0 Å². The second-order valence-corrected chi connectivity index (χ2v) is 6.10. The molecule has 0 aliphatic heterocycles. The Hall–Kier alpha value is -0.650. The van der Waals surface area contributed by atoms with Crippen molar-refractivity contribution in [1.29, 1.82) is 0 Å². The number of ether oxygens (including phenoxy) is 1. The molecule has 1 aliphatic rings. The summed E-state index contributed by atoms with van der Waals surface area (Å²) in [6.07, 6.45) is 7.74. The maximum atomic E-state index is 11.8. The van der Waals surface area contributed by atoms with E-state index >= 15 is 0 Å². The fourth-order valence-corrected chi connectivity index (χ4v) is 2.56. The van der Waals surface area contributed by atoms with E-state index in [9.17, 15) is 9.90 Å². The van der Waals surface area contributed by atoms with E-state index in [1.807, 2.05) is 0 Å². The van der Waals surface area contributed by atoms with Gasteiger partial charge in [-0.1, -0.05) is 25.7 Å². The molecule has 5 heteroatoms.